The maximum Gasteiger partial charge on any atom is 0.234 e. The highest BCUT2D eigenvalue weighted by molar-refractivity contribution is 7.99. The van der Waals surface area contributed by atoms with Gasteiger partial charge >= 0.3 is 0 Å². The Morgan fingerprint density at radius 1 is 1.03 bits per heavy atom. The average molecular weight is 434 g/mol. The fourth-order valence-electron chi connectivity index (χ4n) is 3.09. The molecule has 0 unspecified atom stereocenters. The number of nitrogens with zero attached hydrogens (tertiary/aromatic N) is 2. The van der Waals surface area contributed by atoms with E-state index in [9.17, 15) is 4.79 Å². The number of imidazole rings is 1. The van der Waals surface area contributed by atoms with Crippen molar-refractivity contribution < 1.29 is 4.79 Å². The van der Waals surface area contributed by atoms with Gasteiger partial charge in [0.2, 0.25) is 5.91 Å². The van der Waals surface area contributed by atoms with Gasteiger partial charge in [0, 0.05) is 22.0 Å². The minimum Gasteiger partial charge on any atom is -0.325 e. The molecule has 1 N–H and O–H groups in total. The van der Waals surface area contributed by atoms with Gasteiger partial charge in [0.05, 0.1) is 17.6 Å². The lowest BCUT2D eigenvalue weighted by Crippen LogP contribution is -2.14. The molecule has 30 heavy (non-hydrogen) atoms. The fraction of sp³-hybridized carbons (Fsp3) is 0.0833. The molecule has 0 fully saturated rings. The number of rotatable bonds is 6. The van der Waals surface area contributed by atoms with Gasteiger partial charge in [-0.2, -0.15) is 0 Å². The van der Waals surface area contributed by atoms with E-state index in [4.69, 9.17) is 11.6 Å². The molecule has 0 atom stereocenters. The van der Waals surface area contributed by atoms with Crippen LogP contribution in [0.2, 0.25) is 5.02 Å². The molecule has 0 aliphatic carbocycles. The summed E-state index contributed by atoms with van der Waals surface area (Å²) in [5.41, 5.74) is 4.93. The first-order valence-electron chi connectivity index (χ1n) is 9.48. The van der Waals surface area contributed by atoms with Gasteiger partial charge in [-0.25, -0.2) is 4.98 Å². The number of nitrogens with one attached hydrogen (secondary N) is 1. The molecule has 0 aliphatic rings. The SMILES string of the molecule is Cc1ccc(-n2c(-c3ccccc3)cnc2SCC(=O)Nc2cccc(Cl)c2)cc1. The number of aromatic nitrogens is 2. The van der Waals surface area contributed by atoms with Gasteiger partial charge in [0.1, 0.15) is 0 Å². The Morgan fingerprint density at radius 2 is 1.80 bits per heavy atom. The summed E-state index contributed by atoms with van der Waals surface area (Å²) < 4.78 is 2.09. The van der Waals surface area contributed by atoms with Crippen molar-refractivity contribution in [3.05, 3.63) is 95.6 Å². The molecule has 0 spiro atoms. The number of hydrogen-bond acceptors (Lipinski definition) is 3. The molecule has 0 radical (unpaired) electrons. The predicted molar refractivity (Wildman–Crippen MR) is 125 cm³/mol. The zero-order chi connectivity index (χ0) is 20.9. The van der Waals surface area contributed by atoms with E-state index in [0.29, 0.717) is 10.7 Å². The van der Waals surface area contributed by atoms with Crippen LogP contribution >= 0.6 is 23.4 Å². The van der Waals surface area contributed by atoms with Crippen molar-refractivity contribution in [2.24, 2.45) is 0 Å². The van der Waals surface area contributed by atoms with E-state index in [0.717, 1.165) is 22.1 Å². The highest BCUT2D eigenvalue weighted by Gasteiger charge is 2.15. The van der Waals surface area contributed by atoms with Crippen molar-refractivity contribution in [2.75, 3.05) is 11.1 Å². The molecule has 3 aromatic carbocycles. The molecule has 4 aromatic rings. The predicted octanol–water partition coefficient (Wildman–Crippen LogP) is 6.23. The van der Waals surface area contributed by atoms with Crippen LogP contribution in [0.1, 0.15) is 5.56 Å². The molecule has 4 rings (SSSR count). The van der Waals surface area contributed by atoms with Crippen LogP contribution < -0.4 is 5.32 Å². The topological polar surface area (TPSA) is 46.9 Å². The van der Waals surface area contributed by atoms with Crippen molar-refractivity contribution in [3.8, 4) is 16.9 Å². The van der Waals surface area contributed by atoms with Crippen molar-refractivity contribution in [2.45, 2.75) is 12.1 Å². The molecule has 0 saturated heterocycles. The van der Waals surface area contributed by atoms with Gasteiger partial charge in [0.25, 0.3) is 0 Å². The Labute approximate surface area is 184 Å². The average Bonchev–Trinajstić information content (AvgIpc) is 3.17. The minimum absolute atomic E-state index is 0.109. The fourth-order valence-corrected chi connectivity index (χ4v) is 4.07. The third-order valence-electron chi connectivity index (χ3n) is 4.53. The second-order valence-corrected chi connectivity index (χ2v) is 8.19. The number of halogens is 1. The number of anilines is 1. The standard InChI is InChI=1S/C24H20ClN3OS/c1-17-10-12-21(13-11-17)28-22(18-6-3-2-4-7-18)15-26-24(28)30-16-23(29)27-20-9-5-8-19(25)14-20/h2-15H,16H2,1H3,(H,27,29). The molecule has 150 valence electrons. The van der Waals surface area contributed by atoms with Crippen molar-refractivity contribution in [1.29, 1.82) is 0 Å². The second-order valence-electron chi connectivity index (χ2n) is 6.81. The zero-order valence-electron chi connectivity index (χ0n) is 16.4. The maximum atomic E-state index is 12.5. The van der Waals surface area contributed by atoms with Crippen LogP contribution in [-0.2, 0) is 4.79 Å². The van der Waals surface area contributed by atoms with Crippen LogP contribution in [0.5, 0.6) is 0 Å². The lowest BCUT2D eigenvalue weighted by atomic mass is 10.1. The first-order valence-corrected chi connectivity index (χ1v) is 10.8. The summed E-state index contributed by atoms with van der Waals surface area (Å²) in [6, 6.07) is 25.5. The van der Waals surface area contributed by atoms with E-state index in [1.54, 1.807) is 18.2 Å². The van der Waals surface area contributed by atoms with Crippen LogP contribution in [0.4, 0.5) is 5.69 Å². The van der Waals surface area contributed by atoms with E-state index in [2.05, 4.69) is 58.2 Å². The molecule has 1 aromatic heterocycles. The number of benzene rings is 3. The van der Waals surface area contributed by atoms with Gasteiger partial charge < -0.3 is 5.32 Å². The van der Waals surface area contributed by atoms with Crippen LogP contribution in [0, 0.1) is 6.92 Å². The van der Waals surface area contributed by atoms with Crippen LogP contribution in [0.25, 0.3) is 16.9 Å². The molecule has 1 heterocycles. The van der Waals surface area contributed by atoms with Gasteiger partial charge in [-0.3, -0.25) is 9.36 Å². The number of aryl methyl sites for hydroxylation is 1. The Hall–Kier alpha value is -3.02. The number of carbonyl (C=O) groups is 1. The van der Waals surface area contributed by atoms with E-state index >= 15 is 0 Å². The number of amides is 1. The van der Waals surface area contributed by atoms with Crippen molar-refractivity contribution in [3.63, 3.8) is 0 Å². The lowest BCUT2D eigenvalue weighted by molar-refractivity contribution is -0.113. The summed E-state index contributed by atoms with van der Waals surface area (Å²) in [6.07, 6.45) is 1.85. The molecule has 0 bridgehead atoms. The highest BCUT2D eigenvalue weighted by Crippen LogP contribution is 2.30. The Morgan fingerprint density at radius 3 is 2.53 bits per heavy atom. The minimum atomic E-state index is -0.109. The molecular formula is C24H20ClN3OS. The molecule has 4 nitrogen and oxygen atoms in total. The highest BCUT2D eigenvalue weighted by atomic mass is 35.5. The maximum absolute atomic E-state index is 12.5. The summed E-state index contributed by atoms with van der Waals surface area (Å²) in [7, 11) is 0. The summed E-state index contributed by atoms with van der Waals surface area (Å²) in [5, 5.41) is 4.23. The second kappa shape index (κ2) is 9.20. The third kappa shape index (κ3) is 4.75. The normalized spacial score (nSPS) is 10.7. The summed E-state index contributed by atoms with van der Waals surface area (Å²) >= 11 is 7.39. The quantitative estimate of drug-likeness (QED) is 0.366. The Balaban J connectivity index is 1.59. The number of carbonyl (C=O) groups excluding carboxylic acids is 1. The smallest absolute Gasteiger partial charge is 0.234 e. The Kier molecular flexibility index (Phi) is 6.21. The number of thioether (sulfide) groups is 1. The Bertz CT molecular complexity index is 1160. The van der Waals surface area contributed by atoms with E-state index in [1.165, 1.54) is 17.3 Å². The summed E-state index contributed by atoms with van der Waals surface area (Å²) in [6.45, 7) is 2.06. The van der Waals surface area contributed by atoms with Crippen LogP contribution in [-0.4, -0.2) is 21.2 Å². The van der Waals surface area contributed by atoms with E-state index in [-0.39, 0.29) is 11.7 Å². The summed E-state index contributed by atoms with van der Waals surface area (Å²) in [5.74, 6) is 0.130. The summed E-state index contributed by atoms with van der Waals surface area (Å²) in [4.78, 5) is 17.1. The van der Waals surface area contributed by atoms with Gasteiger partial charge in [0.15, 0.2) is 5.16 Å². The first-order chi connectivity index (χ1) is 14.6. The lowest BCUT2D eigenvalue weighted by Gasteiger charge is -2.12. The van der Waals surface area contributed by atoms with Crippen molar-refractivity contribution >= 4 is 35.0 Å². The molecule has 0 aliphatic heterocycles. The molecule has 1 amide bonds. The third-order valence-corrected chi connectivity index (χ3v) is 5.72. The zero-order valence-corrected chi connectivity index (χ0v) is 18.0. The van der Waals surface area contributed by atoms with Crippen molar-refractivity contribution in [1.82, 2.24) is 9.55 Å². The molecule has 0 saturated carbocycles. The largest absolute Gasteiger partial charge is 0.325 e. The van der Waals surface area contributed by atoms with Crippen LogP contribution in [0.15, 0.2) is 90.2 Å². The van der Waals surface area contributed by atoms with E-state index in [1.807, 2.05) is 30.5 Å². The van der Waals surface area contributed by atoms with Gasteiger partial charge in [-0.15, -0.1) is 0 Å². The van der Waals surface area contributed by atoms with Crippen LogP contribution in [0.3, 0.4) is 0 Å². The monoisotopic (exact) mass is 433 g/mol. The molecular weight excluding hydrogens is 414 g/mol. The van der Waals surface area contributed by atoms with Gasteiger partial charge in [-0.1, -0.05) is 77.5 Å². The number of hydrogen-bond donors (Lipinski definition) is 1. The van der Waals surface area contributed by atoms with Gasteiger partial charge in [-0.05, 0) is 37.3 Å². The van der Waals surface area contributed by atoms with E-state index < -0.39 is 0 Å². The first kappa shape index (κ1) is 20.3. The molecule has 6 heteroatoms.